The highest BCUT2D eigenvalue weighted by atomic mass is 16.4. The molecule has 0 unspecified atom stereocenters. The molecule has 0 aliphatic carbocycles. The third-order valence-electron chi connectivity index (χ3n) is 3.36. The Labute approximate surface area is 127 Å². The molecule has 4 atom stereocenters. The van der Waals surface area contributed by atoms with Crippen molar-refractivity contribution in [2.45, 2.75) is 69.9 Å². The van der Waals surface area contributed by atoms with Gasteiger partial charge in [-0.1, -0.05) is 38.7 Å². The van der Waals surface area contributed by atoms with Gasteiger partial charge in [0.2, 0.25) is 0 Å². The fourth-order valence-electron chi connectivity index (χ4n) is 1.91. The van der Waals surface area contributed by atoms with Gasteiger partial charge in [0.1, 0.15) is 18.3 Å². The number of unbranched alkanes of at least 4 members (excludes halogenated alkanes) is 5. The largest absolute Gasteiger partial charge is 0.394 e. The predicted octanol–water partition coefficient (Wildman–Crippen LogP) is -0.114. The van der Waals surface area contributed by atoms with Crippen molar-refractivity contribution in [3.63, 3.8) is 0 Å². The average Bonchev–Trinajstić information content (AvgIpc) is 2.50. The summed E-state index contributed by atoms with van der Waals surface area (Å²) >= 11 is 0. The van der Waals surface area contributed by atoms with Crippen molar-refractivity contribution in [3.05, 3.63) is 12.3 Å². The summed E-state index contributed by atoms with van der Waals surface area (Å²) in [5.41, 5.74) is 0. The predicted molar refractivity (Wildman–Crippen MR) is 81.6 cm³/mol. The first-order valence-corrected chi connectivity index (χ1v) is 7.76. The van der Waals surface area contributed by atoms with Crippen molar-refractivity contribution >= 4 is 0 Å². The molecule has 6 N–H and O–H groups in total. The van der Waals surface area contributed by atoms with E-state index in [2.05, 4.69) is 12.2 Å². The molecular formula is C15H31NO5. The zero-order chi connectivity index (χ0) is 16.1. The lowest BCUT2D eigenvalue weighted by Crippen LogP contribution is -2.48. The minimum absolute atomic E-state index is 0.0582. The summed E-state index contributed by atoms with van der Waals surface area (Å²) < 4.78 is 0. The van der Waals surface area contributed by atoms with Crippen LogP contribution in [-0.4, -0.2) is 63.1 Å². The van der Waals surface area contributed by atoms with Gasteiger partial charge in [0, 0.05) is 6.54 Å². The van der Waals surface area contributed by atoms with Gasteiger partial charge in [-0.15, -0.1) is 0 Å². The van der Waals surface area contributed by atoms with Crippen molar-refractivity contribution in [2.24, 2.45) is 0 Å². The maximum absolute atomic E-state index is 9.63. The van der Waals surface area contributed by atoms with E-state index in [4.69, 9.17) is 5.11 Å². The molecule has 0 aliphatic rings. The first kappa shape index (κ1) is 20.3. The molecule has 0 fully saturated rings. The molecule has 0 amide bonds. The summed E-state index contributed by atoms with van der Waals surface area (Å²) in [6.07, 6.45) is 4.96. The highest BCUT2D eigenvalue weighted by Gasteiger charge is 2.29. The van der Waals surface area contributed by atoms with Crippen LogP contribution in [0.4, 0.5) is 0 Å². The lowest BCUT2D eigenvalue weighted by atomic mass is 10.0. The van der Waals surface area contributed by atoms with E-state index in [1.807, 2.05) is 6.08 Å². The van der Waals surface area contributed by atoms with Crippen molar-refractivity contribution < 1.29 is 25.5 Å². The lowest BCUT2D eigenvalue weighted by molar-refractivity contribution is -0.113. The van der Waals surface area contributed by atoms with E-state index in [-0.39, 0.29) is 6.54 Å². The van der Waals surface area contributed by atoms with Gasteiger partial charge in [-0.05, 0) is 19.0 Å². The second-order valence-electron chi connectivity index (χ2n) is 5.31. The molecule has 0 aliphatic heterocycles. The highest BCUT2D eigenvalue weighted by Crippen LogP contribution is 2.06. The number of hydrogen-bond acceptors (Lipinski definition) is 6. The standard InChI is InChI=1S/C15H31NO5/c1-2-3-4-5-6-7-8-9-16-10-12(18)14(20)15(21)13(19)11-17/h8-9,12-21H,2-7,10-11H2,1H3/t12-,13+,14+,15+/m0/s1. The summed E-state index contributed by atoms with van der Waals surface area (Å²) in [5, 5.41) is 49.3. The van der Waals surface area contributed by atoms with E-state index in [0.717, 1.165) is 12.8 Å². The Morgan fingerprint density at radius 3 is 2.14 bits per heavy atom. The van der Waals surface area contributed by atoms with Crippen LogP contribution in [0.25, 0.3) is 0 Å². The van der Waals surface area contributed by atoms with Gasteiger partial charge in [0.05, 0.1) is 12.7 Å². The Bertz CT molecular complexity index is 262. The SMILES string of the molecule is CCCCCCCC=CNC[C@H](O)[C@@H](O)[C@H](O)[C@H](O)CO. The Hall–Kier alpha value is -0.660. The van der Waals surface area contributed by atoms with Crippen LogP contribution < -0.4 is 5.32 Å². The topological polar surface area (TPSA) is 113 Å². The maximum atomic E-state index is 9.63. The molecule has 0 rings (SSSR count). The summed E-state index contributed by atoms with van der Waals surface area (Å²) in [4.78, 5) is 0. The monoisotopic (exact) mass is 305 g/mol. The fraction of sp³-hybridized carbons (Fsp3) is 0.867. The van der Waals surface area contributed by atoms with Gasteiger partial charge in [0.15, 0.2) is 0 Å². The van der Waals surface area contributed by atoms with E-state index in [1.54, 1.807) is 6.20 Å². The molecule has 21 heavy (non-hydrogen) atoms. The van der Waals surface area contributed by atoms with Gasteiger partial charge < -0.3 is 30.8 Å². The molecule has 126 valence electrons. The molecule has 0 heterocycles. The van der Waals surface area contributed by atoms with Gasteiger partial charge in [-0.25, -0.2) is 0 Å². The van der Waals surface area contributed by atoms with E-state index in [0.29, 0.717) is 0 Å². The van der Waals surface area contributed by atoms with Gasteiger partial charge in [-0.2, -0.15) is 0 Å². The molecule has 0 saturated carbocycles. The number of aliphatic hydroxyl groups excluding tert-OH is 5. The minimum atomic E-state index is -1.57. The fourth-order valence-corrected chi connectivity index (χ4v) is 1.91. The number of rotatable bonds is 13. The second-order valence-corrected chi connectivity index (χ2v) is 5.31. The molecule has 0 spiro atoms. The van der Waals surface area contributed by atoms with Gasteiger partial charge in [0.25, 0.3) is 0 Å². The molecule has 0 aromatic heterocycles. The number of aliphatic hydroxyl groups is 5. The van der Waals surface area contributed by atoms with Crippen molar-refractivity contribution in [2.75, 3.05) is 13.2 Å². The molecule has 0 radical (unpaired) electrons. The van der Waals surface area contributed by atoms with Crippen LogP contribution in [0.5, 0.6) is 0 Å². The Morgan fingerprint density at radius 1 is 0.905 bits per heavy atom. The lowest BCUT2D eigenvalue weighted by Gasteiger charge is -2.25. The smallest absolute Gasteiger partial charge is 0.111 e. The third-order valence-corrected chi connectivity index (χ3v) is 3.36. The van der Waals surface area contributed by atoms with Crippen molar-refractivity contribution in [3.8, 4) is 0 Å². The summed E-state index contributed by atoms with van der Waals surface area (Å²) in [7, 11) is 0. The van der Waals surface area contributed by atoms with Crippen LogP contribution >= 0.6 is 0 Å². The molecule has 0 bridgehead atoms. The molecule has 6 nitrogen and oxygen atoms in total. The minimum Gasteiger partial charge on any atom is -0.394 e. The van der Waals surface area contributed by atoms with Crippen LogP contribution in [0, 0.1) is 0 Å². The number of allylic oxidation sites excluding steroid dienone is 1. The second kappa shape index (κ2) is 13.0. The van der Waals surface area contributed by atoms with Crippen molar-refractivity contribution in [1.82, 2.24) is 5.32 Å². The van der Waals surface area contributed by atoms with Crippen LogP contribution in [-0.2, 0) is 0 Å². The van der Waals surface area contributed by atoms with E-state index in [9.17, 15) is 20.4 Å². The normalized spacial score (nSPS) is 17.6. The van der Waals surface area contributed by atoms with Crippen LogP contribution in [0.3, 0.4) is 0 Å². The quantitative estimate of drug-likeness (QED) is 0.265. The van der Waals surface area contributed by atoms with E-state index < -0.39 is 31.0 Å². The number of hydrogen-bond donors (Lipinski definition) is 6. The average molecular weight is 305 g/mol. The molecule has 0 aromatic carbocycles. The maximum Gasteiger partial charge on any atom is 0.111 e. The Kier molecular flexibility index (Phi) is 12.6. The Morgan fingerprint density at radius 2 is 1.52 bits per heavy atom. The zero-order valence-electron chi connectivity index (χ0n) is 12.9. The molecule has 0 aromatic rings. The van der Waals surface area contributed by atoms with Crippen LogP contribution in [0.15, 0.2) is 12.3 Å². The van der Waals surface area contributed by atoms with Crippen LogP contribution in [0.1, 0.15) is 45.4 Å². The van der Waals surface area contributed by atoms with E-state index in [1.165, 1.54) is 25.7 Å². The zero-order valence-corrected chi connectivity index (χ0v) is 12.9. The highest BCUT2D eigenvalue weighted by molar-refractivity contribution is 4.85. The van der Waals surface area contributed by atoms with E-state index >= 15 is 0 Å². The third kappa shape index (κ3) is 9.82. The first-order chi connectivity index (χ1) is 10.0. The van der Waals surface area contributed by atoms with Gasteiger partial charge >= 0.3 is 0 Å². The van der Waals surface area contributed by atoms with Crippen LogP contribution in [0.2, 0.25) is 0 Å². The molecule has 0 saturated heterocycles. The summed E-state index contributed by atoms with van der Waals surface area (Å²) in [6.45, 7) is 1.57. The summed E-state index contributed by atoms with van der Waals surface area (Å²) in [5.74, 6) is 0. The Balaban J connectivity index is 3.70. The van der Waals surface area contributed by atoms with Gasteiger partial charge in [-0.3, -0.25) is 0 Å². The summed E-state index contributed by atoms with van der Waals surface area (Å²) in [6, 6.07) is 0. The van der Waals surface area contributed by atoms with Crippen molar-refractivity contribution in [1.29, 1.82) is 0 Å². The first-order valence-electron chi connectivity index (χ1n) is 7.76. The number of nitrogens with one attached hydrogen (secondary N) is 1. The molecular weight excluding hydrogens is 274 g/mol. The molecule has 6 heteroatoms.